The van der Waals surface area contributed by atoms with Gasteiger partial charge in [0.05, 0.1) is 12.1 Å². The molecule has 1 fully saturated rings. The van der Waals surface area contributed by atoms with E-state index in [0.29, 0.717) is 0 Å². The van der Waals surface area contributed by atoms with Crippen LogP contribution in [0.4, 0.5) is 0 Å². The number of likely N-dealkylation sites (tertiary alicyclic amines) is 1. The second-order valence-electron chi connectivity index (χ2n) is 5.13. The molecule has 1 saturated heterocycles. The van der Waals surface area contributed by atoms with Crippen LogP contribution in [0.5, 0.6) is 0 Å². The third-order valence-corrected chi connectivity index (χ3v) is 4.38. The number of aromatic amines is 1. The molecule has 1 N–H and O–H groups in total. The number of fused-ring (bicyclic) bond motifs is 1. The van der Waals surface area contributed by atoms with Crippen molar-refractivity contribution < 1.29 is 0 Å². The van der Waals surface area contributed by atoms with E-state index in [-0.39, 0.29) is 5.56 Å². The zero-order chi connectivity index (χ0) is 12.5. The van der Waals surface area contributed by atoms with Gasteiger partial charge in [-0.25, -0.2) is 4.98 Å². The Kier molecular flexibility index (Phi) is 3.18. The first kappa shape index (κ1) is 11.9. The maximum atomic E-state index is 11.9. The minimum absolute atomic E-state index is 0.00458. The minimum atomic E-state index is -0.00458. The van der Waals surface area contributed by atoms with Crippen LogP contribution in [-0.4, -0.2) is 28.0 Å². The van der Waals surface area contributed by atoms with Crippen molar-refractivity contribution >= 4 is 21.6 Å². The second kappa shape index (κ2) is 4.82. The Morgan fingerprint density at radius 3 is 3.33 bits per heavy atom. The normalized spacial score (nSPS) is 21.5. The van der Waals surface area contributed by atoms with Gasteiger partial charge in [-0.1, -0.05) is 6.92 Å². The van der Waals surface area contributed by atoms with Crippen LogP contribution in [0, 0.1) is 5.92 Å². The molecule has 18 heavy (non-hydrogen) atoms. The maximum Gasteiger partial charge on any atom is 0.268 e. The molecule has 3 rings (SSSR count). The summed E-state index contributed by atoms with van der Waals surface area (Å²) in [5.74, 6) is 1.54. The molecule has 0 amide bonds. The summed E-state index contributed by atoms with van der Waals surface area (Å²) < 4.78 is 0.728. The number of thiophene rings is 1. The zero-order valence-corrected chi connectivity index (χ0v) is 11.3. The summed E-state index contributed by atoms with van der Waals surface area (Å²) in [5, 5.41) is 1.92. The topological polar surface area (TPSA) is 49.0 Å². The van der Waals surface area contributed by atoms with Crippen molar-refractivity contribution in [1.29, 1.82) is 0 Å². The van der Waals surface area contributed by atoms with E-state index < -0.39 is 0 Å². The van der Waals surface area contributed by atoms with Crippen LogP contribution in [0.25, 0.3) is 10.2 Å². The van der Waals surface area contributed by atoms with Crippen molar-refractivity contribution in [3.63, 3.8) is 0 Å². The lowest BCUT2D eigenvalue weighted by atomic mass is 10.0. The number of rotatable bonds is 2. The lowest BCUT2D eigenvalue weighted by molar-refractivity contribution is 0.173. The molecule has 0 radical (unpaired) electrons. The molecule has 96 valence electrons. The van der Waals surface area contributed by atoms with Crippen molar-refractivity contribution in [2.24, 2.45) is 5.92 Å². The predicted octanol–water partition coefficient (Wildman–Crippen LogP) is 2.22. The standard InChI is InChI=1S/C13H17N3OS/c1-9-3-2-5-16(7-9)8-11-14-10-4-6-18-12(10)13(17)15-11/h4,6,9H,2-3,5,7-8H2,1H3,(H,14,15,17). The van der Waals surface area contributed by atoms with E-state index >= 15 is 0 Å². The molecule has 4 nitrogen and oxygen atoms in total. The average Bonchev–Trinajstić information content (AvgIpc) is 2.77. The lowest BCUT2D eigenvalue weighted by Gasteiger charge is -2.30. The summed E-state index contributed by atoms with van der Waals surface area (Å²) in [5.41, 5.74) is 0.818. The highest BCUT2D eigenvalue weighted by Crippen LogP contribution is 2.18. The Hall–Kier alpha value is -1.20. The summed E-state index contributed by atoms with van der Waals surface area (Å²) in [6, 6.07) is 1.91. The Labute approximate surface area is 110 Å². The van der Waals surface area contributed by atoms with E-state index in [1.54, 1.807) is 0 Å². The summed E-state index contributed by atoms with van der Waals surface area (Å²) in [6.07, 6.45) is 2.55. The van der Waals surface area contributed by atoms with Crippen LogP contribution in [0.3, 0.4) is 0 Å². The van der Waals surface area contributed by atoms with Crippen LogP contribution < -0.4 is 5.56 Å². The zero-order valence-electron chi connectivity index (χ0n) is 10.5. The van der Waals surface area contributed by atoms with Crippen molar-refractivity contribution in [2.75, 3.05) is 13.1 Å². The second-order valence-corrected chi connectivity index (χ2v) is 6.05. The first-order valence-electron chi connectivity index (χ1n) is 6.41. The number of hydrogen-bond donors (Lipinski definition) is 1. The highest BCUT2D eigenvalue weighted by Gasteiger charge is 2.17. The van der Waals surface area contributed by atoms with E-state index in [9.17, 15) is 4.79 Å². The molecule has 0 saturated carbocycles. The largest absolute Gasteiger partial charge is 0.308 e. The van der Waals surface area contributed by atoms with Crippen molar-refractivity contribution in [1.82, 2.24) is 14.9 Å². The number of hydrogen-bond acceptors (Lipinski definition) is 4. The lowest BCUT2D eigenvalue weighted by Crippen LogP contribution is -2.34. The van der Waals surface area contributed by atoms with Gasteiger partial charge in [-0.3, -0.25) is 9.69 Å². The van der Waals surface area contributed by atoms with Crippen molar-refractivity contribution in [3.05, 3.63) is 27.6 Å². The fourth-order valence-corrected chi connectivity index (χ4v) is 3.36. The summed E-state index contributed by atoms with van der Waals surface area (Å²) in [6.45, 7) is 5.25. The van der Waals surface area contributed by atoms with Gasteiger partial charge in [-0.15, -0.1) is 11.3 Å². The molecule has 1 atom stereocenters. The van der Waals surface area contributed by atoms with Crippen LogP contribution in [0.1, 0.15) is 25.6 Å². The Morgan fingerprint density at radius 1 is 1.61 bits per heavy atom. The summed E-state index contributed by atoms with van der Waals surface area (Å²) >= 11 is 1.45. The highest BCUT2D eigenvalue weighted by molar-refractivity contribution is 7.17. The SMILES string of the molecule is CC1CCCN(Cc2nc3ccsc3c(=O)[nH]2)C1. The number of piperidine rings is 1. The van der Waals surface area contributed by atoms with Crippen LogP contribution in [-0.2, 0) is 6.54 Å². The number of nitrogens with zero attached hydrogens (tertiary/aromatic N) is 2. The third-order valence-electron chi connectivity index (χ3n) is 3.48. The molecule has 0 bridgehead atoms. The maximum absolute atomic E-state index is 11.9. The van der Waals surface area contributed by atoms with Gasteiger partial charge in [0.15, 0.2) is 0 Å². The molecule has 0 aromatic carbocycles. The summed E-state index contributed by atoms with van der Waals surface area (Å²) in [4.78, 5) is 21.7. The molecule has 0 aliphatic carbocycles. The minimum Gasteiger partial charge on any atom is -0.308 e. The molecule has 5 heteroatoms. The molecule has 1 unspecified atom stereocenters. The van der Waals surface area contributed by atoms with Crippen molar-refractivity contribution in [2.45, 2.75) is 26.3 Å². The molecular weight excluding hydrogens is 246 g/mol. The highest BCUT2D eigenvalue weighted by atomic mass is 32.1. The molecule has 1 aliphatic rings. The van der Waals surface area contributed by atoms with Gasteiger partial charge in [0.2, 0.25) is 0 Å². The Bertz CT molecular complexity index is 604. The van der Waals surface area contributed by atoms with Gasteiger partial charge in [-0.2, -0.15) is 0 Å². The molecule has 0 spiro atoms. The van der Waals surface area contributed by atoms with E-state index in [1.807, 2.05) is 11.4 Å². The van der Waals surface area contributed by atoms with Gasteiger partial charge in [0.25, 0.3) is 5.56 Å². The Morgan fingerprint density at radius 2 is 2.50 bits per heavy atom. The van der Waals surface area contributed by atoms with Gasteiger partial charge in [0.1, 0.15) is 10.5 Å². The number of nitrogens with one attached hydrogen (secondary N) is 1. The predicted molar refractivity (Wildman–Crippen MR) is 73.9 cm³/mol. The third kappa shape index (κ3) is 2.33. The van der Waals surface area contributed by atoms with Crippen LogP contribution >= 0.6 is 11.3 Å². The monoisotopic (exact) mass is 263 g/mol. The van der Waals surface area contributed by atoms with Crippen LogP contribution in [0.2, 0.25) is 0 Å². The first-order valence-corrected chi connectivity index (χ1v) is 7.29. The van der Waals surface area contributed by atoms with E-state index in [1.165, 1.54) is 24.2 Å². The molecular formula is C13H17N3OS. The Balaban J connectivity index is 1.83. The molecule has 3 heterocycles. The quantitative estimate of drug-likeness (QED) is 0.903. The van der Waals surface area contributed by atoms with Gasteiger partial charge in [-0.05, 0) is 36.8 Å². The van der Waals surface area contributed by atoms with Gasteiger partial charge >= 0.3 is 0 Å². The number of aromatic nitrogens is 2. The van der Waals surface area contributed by atoms with Gasteiger partial charge in [0, 0.05) is 6.54 Å². The molecule has 2 aromatic rings. The number of H-pyrrole nitrogens is 1. The average molecular weight is 263 g/mol. The van der Waals surface area contributed by atoms with Crippen molar-refractivity contribution in [3.8, 4) is 0 Å². The fourth-order valence-electron chi connectivity index (χ4n) is 2.64. The fraction of sp³-hybridized carbons (Fsp3) is 0.538. The first-order chi connectivity index (χ1) is 8.72. The van der Waals surface area contributed by atoms with Crippen LogP contribution in [0.15, 0.2) is 16.2 Å². The molecule has 2 aromatic heterocycles. The van der Waals surface area contributed by atoms with E-state index in [0.717, 1.165) is 41.6 Å². The van der Waals surface area contributed by atoms with E-state index in [2.05, 4.69) is 21.8 Å². The summed E-state index contributed by atoms with van der Waals surface area (Å²) in [7, 11) is 0. The molecule has 1 aliphatic heterocycles. The smallest absolute Gasteiger partial charge is 0.268 e. The van der Waals surface area contributed by atoms with E-state index in [4.69, 9.17) is 0 Å². The van der Waals surface area contributed by atoms with Gasteiger partial charge < -0.3 is 4.98 Å².